The fourth-order valence-corrected chi connectivity index (χ4v) is 3.41. The van der Waals surface area contributed by atoms with Crippen LogP contribution in [0.1, 0.15) is 36.4 Å². The second-order valence-electron chi connectivity index (χ2n) is 5.46. The molecule has 1 aromatic rings. The van der Waals surface area contributed by atoms with Gasteiger partial charge in [0, 0.05) is 13.1 Å². The van der Waals surface area contributed by atoms with Crippen LogP contribution in [0.3, 0.4) is 0 Å². The van der Waals surface area contributed by atoms with Crippen LogP contribution in [0, 0.1) is 5.92 Å². The normalized spacial score (nSPS) is 26.6. The van der Waals surface area contributed by atoms with Gasteiger partial charge in [-0.15, -0.1) is 0 Å². The van der Waals surface area contributed by atoms with Crippen LogP contribution in [0.2, 0.25) is 0 Å². The van der Waals surface area contributed by atoms with Crippen LogP contribution in [-0.2, 0) is 9.47 Å². The Morgan fingerprint density at radius 1 is 1.55 bits per heavy atom. The summed E-state index contributed by atoms with van der Waals surface area (Å²) >= 11 is 1.41. The van der Waals surface area contributed by atoms with E-state index in [9.17, 15) is 4.79 Å². The number of morpholine rings is 1. The van der Waals surface area contributed by atoms with Crippen molar-refractivity contribution in [3.05, 3.63) is 11.1 Å². The van der Waals surface area contributed by atoms with Gasteiger partial charge in [0.05, 0.1) is 25.0 Å². The van der Waals surface area contributed by atoms with Gasteiger partial charge >= 0.3 is 5.97 Å². The van der Waals surface area contributed by atoms with E-state index in [2.05, 4.69) is 16.8 Å². The van der Waals surface area contributed by atoms with Crippen LogP contribution in [-0.4, -0.2) is 42.9 Å². The average molecular weight is 296 g/mol. The third-order valence-electron chi connectivity index (χ3n) is 3.67. The van der Waals surface area contributed by atoms with Gasteiger partial charge in [-0.05, 0) is 32.6 Å². The Morgan fingerprint density at radius 2 is 2.35 bits per heavy atom. The van der Waals surface area contributed by atoms with Crippen molar-refractivity contribution >= 4 is 22.4 Å². The molecule has 6 heteroatoms. The van der Waals surface area contributed by atoms with Crippen LogP contribution in [0.5, 0.6) is 0 Å². The molecule has 2 atom stereocenters. The predicted molar refractivity (Wildman–Crippen MR) is 77.3 cm³/mol. The highest BCUT2D eigenvalue weighted by molar-refractivity contribution is 7.17. The summed E-state index contributed by atoms with van der Waals surface area (Å²) in [5.74, 6) is 0.432. The van der Waals surface area contributed by atoms with E-state index in [1.807, 2.05) is 6.92 Å². The molecule has 0 N–H and O–H groups in total. The van der Waals surface area contributed by atoms with Gasteiger partial charge in [-0.25, -0.2) is 9.78 Å². The Kier molecular flexibility index (Phi) is 3.94. The number of rotatable bonds is 4. The zero-order valence-electron chi connectivity index (χ0n) is 11.9. The number of nitrogens with zero attached hydrogens (tertiary/aromatic N) is 2. The van der Waals surface area contributed by atoms with Crippen molar-refractivity contribution in [2.45, 2.75) is 38.9 Å². The standard InChI is InChI=1S/C14H20N2O3S/c1-3-18-13(17)12-6-15-14(20-12)16-7-9(2)19-11(8-16)10-4-5-10/h6,9-11H,3-5,7-8H2,1-2H3. The van der Waals surface area contributed by atoms with Gasteiger partial charge in [0.25, 0.3) is 0 Å². The summed E-state index contributed by atoms with van der Waals surface area (Å²) in [6.45, 7) is 6.01. The fourth-order valence-electron chi connectivity index (χ4n) is 2.58. The number of ether oxygens (including phenoxy) is 2. The second kappa shape index (κ2) is 5.69. The van der Waals surface area contributed by atoms with Gasteiger partial charge in [-0.3, -0.25) is 0 Å². The molecular weight excluding hydrogens is 276 g/mol. The maximum absolute atomic E-state index is 11.7. The number of hydrogen-bond acceptors (Lipinski definition) is 6. The Labute approximate surface area is 122 Å². The minimum Gasteiger partial charge on any atom is -0.462 e. The largest absolute Gasteiger partial charge is 0.462 e. The summed E-state index contributed by atoms with van der Waals surface area (Å²) < 4.78 is 11.0. The smallest absolute Gasteiger partial charge is 0.350 e. The Hall–Kier alpha value is -1.14. The molecule has 2 fully saturated rings. The lowest BCUT2D eigenvalue weighted by atomic mass is 10.1. The van der Waals surface area contributed by atoms with Gasteiger partial charge in [0.15, 0.2) is 5.13 Å². The number of aromatic nitrogens is 1. The average Bonchev–Trinajstić information content (AvgIpc) is 3.15. The van der Waals surface area contributed by atoms with E-state index >= 15 is 0 Å². The molecule has 20 heavy (non-hydrogen) atoms. The summed E-state index contributed by atoms with van der Waals surface area (Å²) in [5.41, 5.74) is 0. The van der Waals surface area contributed by atoms with Gasteiger partial charge < -0.3 is 14.4 Å². The van der Waals surface area contributed by atoms with Gasteiger partial charge in [-0.2, -0.15) is 0 Å². The van der Waals surface area contributed by atoms with Crippen LogP contribution >= 0.6 is 11.3 Å². The molecule has 0 spiro atoms. The number of thiazole rings is 1. The van der Waals surface area contributed by atoms with E-state index in [4.69, 9.17) is 9.47 Å². The first kappa shape index (κ1) is 13.8. The highest BCUT2D eigenvalue weighted by Crippen LogP contribution is 2.38. The lowest BCUT2D eigenvalue weighted by Crippen LogP contribution is -2.47. The quantitative estimate of drug-likeness (QED) is 0.798. The molecule has 2 unspecified atom stereocenters. The van der Waals surface area contributed by atoms with Crippen LogP contribution < -0.4 is 4.90 Å². The molecule has 3 rings (SSSR count). The molecule has 0 radical (unpaired) electrons. The van der Waals surface area contributed by atoms with Crippen molar-refractivity contribution in [3.63, 3.8) is 0 Å². The molecule has 0 bridgehead atoms. The molecular formula is C14H20N2O3S. The topological polar surface area (TPSA) is 51.7 Å². The lowest BCUT2D eigenvalue weighted by Gasteiger charge is -2.36. The highest BCUT2D eigenvalue weighted by Gasteiger charge is 2.38. The molecule has 2 heterocycles. The maximum Gasteiger partial charge on any atom is 0.350 e. The number of carbonyl (C=O) groups is 1. The second-order valence-corrected chi connectivity index (χ2v) is 6.46. The number of esters is 1. The van der Waals surface area contributed by atoms with E-state index in [1.165, 1.54) is 24.2 Å². The third kappa shape index (κ3) is 2.96. The van der Waals surface area contributed by atoms with Crippen molar-refractivity contribution < 1.29 is 14.3 Å². The van der Waals surface area contributed by atoms with Gasteiger partial charge in [-0.1, -0.05) is 11.3 Å². The molecule has 110 valence electrons. The summed E-state index contributed by atoms with van der Waals surface area (Å²) in [4.78, 5) is 18.9. The first-order valence-corrected chi connectivity index (χ1v) is 8.02. The first-order chi connectivity index (χ1) is 9.67. The van der Waals surface area contributed by atoms with E-state index in [0.717, 1.165) is 18.2 Å². The Bertz CT molecular complexity index is 487. The van der Waals surface area contributed by atoms with Crippen LogP contribution in [0.25, 0.3) is 0 Å². The molecule has 1 saturated heterocycles. The third-order valence-corrected chi connectivity index (χ3v) is 4.71. The maximum atomic E-state index is 11.7. The molecule has 0 aromatic carbocycles. The zero-order chi connectivity index (χ0) is 14.1. The van der Waals surface area contributed by atoms with Gasteiger partial charge in [0.2, 0.25) is 0 Å². The van der Waals surface area contributed by atoms with Crippen LogP contribution in [0.4, 0.5) is 5.13 Å². The van der Waals surface area contributed by atoms with E-state index in [-0.39, 0.29) is 12.1 Å². The SMILES string of the molecule is CCOC(=O)c1cnc(N2CC(C)OC(C3CC3)C2)s1. The van der Waals surface area contributed by atoms with Crippen molar-refractivity contribution in [3.8, 4) is 0 Å². The number of hydrogen-bond donors (Lipinski definition) is 0. The number of carbonyl (C=O) groups excluding carboxylic acids is 1. The lowest BCUT2D eigenvalue weighted by molar-refractivity contribution is -0.0271. The zero-order valence-corrected chi connectivity index (χ0v) is 12.7. The monoisotopic (exact) mass is 296 g/mol. The van der Waals surface area contributed by atoms with Crippen molar-refractivity contribution in [2.75, 3.05) is 24.6 Å². The van der Waals surface area contributed by atoms with Crippen molar-refractivity contribution in [2.24, 2.45) is 5.92 Å². The molecule has 1 aromatic heterocycles. The molecule has 1 saturated carbocycles. The summed E-state index contributed by atoms with van der Waals surface area (Å²) in [6.07, 6.45) is 4.69. The van der Waals surface area contributed by atoms with Crippen molar-refractivity contribution in [1.29, 1.82) is 0 Å². The van der Waals surface area contributed by atoms with Crippen molar-refractivity contribution in [1.82, 2.24) is 4.98 Å². The predicted octanol–water partition coefficient (Wildman–Crippen LogP) is 2.32. The highest BCUT2D eigenvalue weighted by atomic mass is 32.1. The summed E-state index contributed by atoms with van der Waals surface area (Å²) in [6, 6.07) is 0. The fraction of sp³-hybridized carbons (Fsp3) is 0.714. The molecule has 0 amide bonds. The Morgan fingerprint density at radius 3 is 3.05 bits per heavy atom. The number of anilines is 1. The minimum atomic E-state index is -0.281. The Balaban J connectivity index is 1.69. The summed E-state index contributed by atoms with van der Waals surface area (Å²) in [7, 11) is 0. The molecule has 1 aliphatic carbocycles. The van der Waals surface area contributed by atoms with E-state index in [0.29, 0.717) is 23.5 Å². The first-order valence-electron chi connectivity index (χ1n) is 7.20. The molecule has 2 aliphatic rings. The van der Waals surface area contributed by atoms with Crippen LogP contribution in [0.15, 0.2) is 6.20 Å². The minimum absolute atomic E-state index is 0.212. The van der Waals surface area contributed by atoms with E-state index < -0.39 is 0 Å². The molecule has 5 nitrogen and oxygen atoms in total. The van der Waals surface area contributed by atoms with Gasteiger partial charge in [0.1, 0.15) is 4.88 Å². The van der Waals surface area contributed by atoms with E-state index in [1.54, 1.807) is 6.20 Å². The summed E-state index contributed by atoms with van der Waals surface area (Å²) in [5, 5.41) is 0.897. The molecule has 1 aliphatic heterocycles.